The SMILES string of the molecule is CC(C)C(C=C(N)C1=CC=CC=NC1)=NCc1ccccc1F. The summed E-state index contributed by atoms with van der Waals surface area (Å²) in [6.45, 7) is 4.95. The van der Waals surface area contributed by atoms with Gasteiger partial charge in [-0.15, -0.1) is 0 Å². The lowest BCUT2D eigenvalue weighted by Crippen LogP contribution is -2.11. The molecule has 1 aromatic carbocycles. The highest BCUT2D eigenvalue weighted by Crippen LogP contribution is 2.12. The molecule has 0 amide bonds. The molecule has 0 saturated carbocycles. The van der Waals surface area contributed by atoms with Crippen LogP contribution in [0.3, 0.4) is 0 Å². The Morgan fingerprint density at radius 1 is 1.35 bits per heavy atom. The summed E-state index contributed by atoms with van der Waals surface area (Å²) in [5, 5.41) is 0. The van der Waals surface area contributed by atoms with Crippen molar-refractivity contribution in [2.24, 2.45) is 21.6 Å². The van der Waals surface area contributed by atoms with Gasteiger partial charge in [0.15, 0.2) is 0 Å². The van der Waals surface area contributed by atoms with Gasteiger partial charge in [0.05, 0.1) is 13.1 Å². The number of nitrogens with zero attached hydrogens (tertiary/aromatic N) is 2. The van der Waals surface area contributed by atoms with E-state index in [0.717, 1.165) is 11.3 Å². The first-order valence-electron chi connectivity index (χ1n) is 7.69. The fourth-order valence-electron chi connectivity index (χ4n) is 2.12. The van der Waals surface area contributed by atoms with Crippen LogP contribution in [0.2, 0.25) is 0 Å². The van der Waals surface area contributed by atoms with Crippen molar-refractivity contribution in [2.45, 2.75) is 20.4 Å². The van der Waals surface area contributed by atoms with E-state index in [2.05, 4.69) is 9.98 Å². The molecule has 2 N–H and O–H groups in total. The lowest BCUT2D eigenvalue weighted by Gasteiger charge is -2.10. The first-order valence-corrected chi connectivity index (χ1v) is 7.69. The monoisotopic (exact) mass is 311 g/mol. The van der Waals surface area contributed by atoms with Crippen molar-refractivity contribution in [3.8, 4) is 0 Å². The van der Waals surface area contributed by atoms with E-state index in [0.29, 0.717) is 24.4 Å². The van der Waals surface area contributed by atoms with E-state index in [1.54, 1.807) is 18.3 Å². The van der Waals surface area contributed by atoms with E-state index in [-0.39, 0.29) is 11.7 Å². The van der Waals surface area contributed by atoms with Crippen molar-refractivity contribution in [3.05, 3.63) is 71.2 Å². The summed E-state index contributed by atoms with van der Waals surface area (Å²) in [6.07, 6.45) is 9.36. The van der Waals surface area contributed by atoms with E-state index >= 15 is 0 Å². The molecule has 1 aliphatic heterocycles. The Labute approximate surface area is 136 Å². The number of allylic oxidation sites excluding steroid dienone is 4. The van der Waals surface area contributed by atoms with Crippen LogP contribution in [-0.2, 0) is 6.54 Å². The molecule has 0 aliphatic carbocycles. The van der Waals surface area contributed by atoms with Crippen LogP contribution in [0.25, 0.3) is 0 Å². The molecule has 0 saturated heterocycles. The minimum atomic E-state index is -0.234. The van der Waals surface area contributed by atoms with Crippen LogP contribution in [0.5, 0.6) is 0 Å². The highest BCUT2D eigenvalue weighted by Gasteiger charge is 2.07. The maximum absolute atomic E-state index is 13.7. The Bertz CT molecular complexity index is 694. The van der Waals surface area contributed by atoms with Crippen LogP contribution in [0.4, 0.5) is 4.39 Å². The molecular weight excluding hydrogens is 289 g/mol. The molecule has 0 bridgehead atoms. The highest BCUT2D eigenvalue weighted by atomic mass is 19.1. The minimum Gasteiger partial charge on any atom is -0.398 e. The quantitative estimate of drug-likeness (QED) is 0.825. The Kier molecular flexibility index (Phi) is 6.03. The van der Waals surface area contributed by atoms with Gasteiger partial charge in [0.25, 0.3) is 0 Å². The number of hydrogen-bond donors (Lipinski definition) is 1. The van der Waals surface area contributed by atoms with E-state index in [9.17, 15) is 4.39 Å². The molecular formula is C19H22FN3. The molecule has 4 heteroatoms. The van der Waals surface area contributed by atoms with Crippen molar-refractivity contribution in [2.75, 3.05) is 6.54 Å². The summed E-state index contributed by atoms with van der Waals surface area (Å²) in [5.41, 5.74) is 9.22. The van der Waals surface area contributed by atoms with E-state index in [4.69, 9.17) is 5.73 Å². The molecule has 0 spiro atoms. The molecule has 0 radical (unpaired) electrons. The number of rotatable bonds is 5. The Balaban J connectivity index is 2.21. The zero-order chi connectivity index (χ0) is 16.7. The van der Waals surface area contributed by atoms with Crippen molar-refractivity contribution >= 4 is 11.9 Å². The van der Waals surface area contributed by atoms with Crippen molar-refractivity contribution < 1.29 is 4.39 Å². The maximum atomic E-state index is 13.7. The zero-order valence-corrected chi connectivity index (χ0v) is 13.5. The van der Waals surface area contributed by atoms with Gasteiger partial charge >= 0.3 is 0 Å². The third-order valence-electron chi connectivity index (χ3n) is 3.52. The number of nitrogens with two attached hydrogens (primary N) is 1. The average molecular weight is 311 g/mol. The van der Waals surface area contributed by atoms with Crippen LogP contribution in [0.1, 0.15) is 19.4 Å². The van der Waals surface area contributed by atoms with Gasteiger partial charge in [0.2, 0.25) is 0 Å². The largest absolute Gasteiger partial charge is 0.398 e. The lowest BCUT2D eigenvalue weighted by atomic mass is 10.0. The van der Waals surface area contributed by atoms with Crippen LogP contribution >= 0.6 is 0 Å². The predicted octanol–water partition coefficient (Wildman–Crippen LogP) is 3.83. The fourth-order valence-corrected chi connectivity index (χ4v) is 2.12. The molecule has 0 unspecified atom stereocenters. The van der Waals surface area contributed by atoms with Gasteiger partial charge in [0, 0.05) is 23.2 Å². The molecule has 120 valence electrons. The molecule has 3 nitrogen and oxygen atoms in total. The second kappa shape index (κ2) is 8.22. The zero-order valence-electron chi connectivity index (χ0n) is 13.5. The molecule has 2 rings (SSSR count). The van der Waals surface area contributed by atoms with Gasteiger partial charge in [-0.1, -0.05) is 44.2 Å². The summed E-state index contributed by atoms with van der Waals surface area (Å²) in [7, 11) is 0. The van der Waals surface area contributed by atoms with Crippen LogP contribution < -0.4 is 5.73 Å². The summed E-state index contributed by atoms with van der Waals surface area (Å²) in [5.74, 6) is -0.0343. The third-order valence-corrected chi connectivity index (χ3v) is 3.52. The van der Waals surface area contributed by atoms with Gasteiger partial charge in [-0.05, 0) is 29.7 Å². The first kappa shape index (κ1) is 16.9. The summed E-state index contributed by atoms with van der Waals surface area (Å²) < 4.78 is 13.7. The Hall–Kier alpha value is -2.49. The van der Waals surface area contributed by atoms with Crippen molar-refractivity contribution in [1.29, 1.82) is 0 Å². The van der Waals surface area contributed by atoms with E-state index < -0.39 is 0 Å². The fraction of sp³-hybridized carbons (Fsp3) is 0.263. The van der Waals surface area contributed by atoms with Crippen LogP contribution in [0, 0.1) is 11.7 Å². The van der Waals surface area contributed by atoms with E-state index in [1.165, 1.54) is 6.07 Å². The molecule has 0 aromatic heterocycles. The van der Waals surface area contributed by atoms with Crippen molar-refractivity contribution in [3.63, 3.8) is 0 Å². The van der Waals surface area contributed by atoms with Gasteiger partial charge < -0.3 is 5.73 Å². The number of benzene rings is 1. The summed E-state index contributed by atoms with van der Waals surface area (Å²) in [6, 6.07) is 6.69. The number of aliphatic imine (C=N–C) groups is 2. The topological polar surface area (TPSA) is 50.7 Å². The molecule has 23 heavy (non-hydrogen) atoms. The van der Waals surface area contributed by atoms with Crippen LogP contribution in [-0.4, -0.2) is 18.5 Å². The molecule has 0 fully saturated rings. The average Bonchev–Trinajstić information content (AvgIpc) is 2.81. The van der Waals surface area contributed by atoms with Gasteiger partial charge in [-0.3, -0.25) is 9.98 Å². The van der Waals surface area contributed by atoms with Gasteiger partial charge in [-0.2, -0.15) is 0 Å². The predicted molar refractivity (Wildman–Crippen MR) is 95.2 cm³/mol. The highest BCUT2D eigenvalue weighted by molar-refractivity contribution is 5.97. The van der Waals surface area contributed by atoms with E-state index in [1.807, 2.05) is 44.2 Å². The Morgan fingerprint density at radius 2 is 2.13 bits per heavy atom. The summed E-state index contributed by atoms with van der Waals surface area (Å²) in [4.78, 5) is 8.79. The molecule has 0 atom stereocenters. The lowest BCUT2D eigenvalue weighted by molar-refractivity contribution is 0.610. The molecule has 1 aromatic rings. The normalized spacial score (nSPS) is 15.7. The first-order chi connectivity index (χ1) is 11.1. The summed E-state index contributed by atoms with van der Waals surface area (Å²) >= 11 is 0. The third kappa shape index (κ3) is 5.02. The molecule has 1 heterocycles. The smallest absolute Gasteiger partial charge is 0.128 e. The maximum Gasteiger partial charge on any atom is 0.128 e. The van der Waals surface area contributed by atoms with Gasteiger partial charge in [-0.25, -0.2) is 4.39 Å². The number of hydrogen-bond acceptors (Lipinski definition) is 3. The van der Waals surface area contributed by atoms with Crippen molar-refractivity contribution in [1.82, 2.24) is 0 Å². The Morgan fingerprint density at radius 3 is 2.87 bits per heavy atom. The standard InChI is InChI=1S/C19H22FN3/c1-14(2)19(23-13-15-7-3-4-9-17(15)20)11-18(21)16-8-5-6-10-22-12-16/h3-11,14H,12-13,21H2,1-2H3. The van der Waals surface area contributed by atoms with Crippen LogP contribution in [0.15, 0.2) is 69.8 Å². The number of halogens is 1. The minimum absolute atomic E-state index is 0.200. The second-order valence-electron chi connectivity index (χ2n) is 5.65. The van der Waals surface area contributed by atoms with Gasteiger partial charge in [0.1, 0.15) is 5.82 Å². The second-order valence-corrected chi connectivity index (χ2v) is 5.65. The molecule has 1 aliphatic rings.